The second kappa shape index (κ2) is 7.02. The molecule has 2 aromatic rings. The first kappa shape index (κ1) is 15.2. The first-order valence-electron chi connectivity index (χ1n) is 7.26. The maximum Gasteiger partial charge on any atom is 0.141 e. The molecule has 0 aliphatic heterocycles. The van der Waals surface area contributed by atoms with Crippen LogP contribution in [0.4, 0.5) is 21.7 Å². The van der Waals surface area contributed by atoms with Gasteiger partial charge in [0, 0.05) is 24.3 Å². The van der Waals surface area contributed by atoms with E-state index in [2.05, 4.69) is 22.2 Å². The predicted octanol–water partition coefficient (Wildman–Crippen LogP) is 3.90. The van der Waals surface area contributed by atoms with Crippen LogP contribution in [0.1, 0.15) is 25.8 Å². The Kier molecular flexibility index (Phi) is 5.09. The number of nitrogens with one attached hydrogen (secondary N) is 1. The molecule has 1 aromatic carbocycles. The monoisotopic (exact) mass is 288 g/mol. The Labute approximate surface area is 125 Å². The third-order valence-corrected chi connectivity index (χ3v) is 3.29. The van der Waals surface area contributed by atoms with Gasteiger partial charge < -0.3 is 10.2 Å². The van der Waals surface area contributed by atoms with Crippen LogP contribution in [0.15, 0.2) is 30.6 Å². The van der Waals surface area contributed by atoms with E-state index in [0.717, 1.165) is 35.9 Å². The van der Waals surface area contributed by atoms with Crippen LogP contribution in [0, 0.1) is 12.7 Å². The third-order valence-electron chi connectivity index (χ3n) is 3.29. The van der Waals surface area contributed by atoms with Gasteiger partial charge in [0.2, 0.25) is 0 Å². The molecule has 0 unspecified atom stereocenters. The molecule has 0 saturated heterocycles. The minimum Gasteiger partial charge on any atom is -0.370 e. The highest BCUT2D eigenvalue weighted by Crippen LogP contribution is 2.29. The van der Waals surface area contributed by atoms with Crippen molar-refractivity contribution in [1.82, 2.24) is 9.97 Å². The topological polar surface area (TPSA) is 41.1 Å². The SMILES string of the molecule is CCCNc1ncnc(N(CC)c2cccc(F)c2)c1C. The van der Waals surface area contributed by atoms with Crippen molar-refractivity contribution in [3.05, 3.63) is 42.0 Å². The molecule has 0 saturated carbocycles. The van der Waals surface area contributed by atoms with Gasteiger partial charge in [0.25, 0.3) is 0 Å². The number of anilines is 3. The molecule has 0 atom stereocenters. The van der Waals surface area contributed by atoms with Gasteiger partial charge >= 0.3 is 0 Å². The normalized spacial score (nSPS) is 10.5. The van der Waals surface area contributed by atoms with Gasteiger partial charge in [-0.15, -0.1) is 0 Å². The molecule has 1 N–H and O–H groups in total. The summed E-state index contributed by atoms with van der Waals surface area (Å²) in [5.41, 5.74) is 1.76. The van der Waals surface area contributed by atoms with E-state index in [4.69, 9.17) is 0 Å². The maximum atomic E-state index is 13.5. The van der Waals surface area contributed by atoms with E-state index in [9.17, 15) is 4.39 Å². The first-order valence-corrected chi connectivity index (χ1v) is 7.26. The van der Waals surface area contributed by atoms with Crippen molar-refractivity contribution in [2.45, 2.75) is 27.2 Å². The van der Waals surface area contributed by atoms with E-state index in [0.29, 0.717) is 6.54 Å². The largest absolute Gasteiger partial charge is 0.370 e. The molecule has 4 nitrogen and oxygen atoms in total. The molecule has 0 fully saturated rings. The van der Waals surface area contributed by atoms with E-state index in [1.165, 1.54) is 12.1 Å². The van der Waals surface area contributed by atoms with Gasteiger partial charge in [-0.2, -0.15) is 0 Å². The van der Waals surface area contributed by atoms with Gasteiger partial charge in [-0.1, -0.05) is 13.0 Å². The summed E-state index contributed by atoms with van der Waals surface area (Å²) in [6.07, 6.45) is 2.57. The summed E-state index contributed by atoms with van der Waals surface area (Å²) in [4.78, 5) is 10.6. The quantitative estimate of drug-likeness (QED) is 0.875. The van der Waals surface area contributed by atoms with Crippen LogP contribution in [0.3, 0.4) is 0 Å². The lowest BCUT2D eigenvalue weighted by atomic mass is 10.2. The van der Waals surface area contributed by atoms with Crippen molar-refractivity contribution < 1.29 is 4.39 Å². The van der Waals surface area contributed by atoms with Crippen LogP contribution in [-0.2, 0) is 0 Å². The van der Waals surface area contributed by atoms with Crippen molar-refractivity contribution in [3.63, 3.8) is 0 Å². The molecular formula is C16H21FN4. The predicted molar refractivity (Wildman–Crippen MR) is 84.6 cm³/mol. The molecule has 0 aliphatic rings. The Morgan fingerprint density at radius 3 is 2.71 bits per heavy atom. The average Bonchev–Trinajstić information content (AvgIpc) is 2.48. The lowest BCUT2D eigenvalue weighted by Gasteiger charge is -2.24. The second-order valence-electron chi connectivity index (χ2n) is 4.82. The van der Waals surface area contributed by atoms with Crippen LogP contribution in [0.2, 0.25) is 0 Å². The standard InChI is InChI=1S/C16H21FN4/c1-4-9-18-15-12(3)16(20-11-19-15)21(5-2)14-8-6-7-13(17)10-14/h6-8,10-11H,4-5,9H2,1-3H3,(H,18,19,20). The number of hydrogen-bond donors (Lipinski definition) is 1. The van der Waals surface area contributed by atoms with E-state index >= 15 is 0 Å². The minimum absolute atomic E-state index is 0.248. The van der Waals surface area contributed by atoms with Gasteiger partial charge in [0.1, 0.15) is 23.8 Å². The van der Waals surface area contributed by atoms with E-state index < -0.39 is 0 Å². The van der Waals surface area contributed by atoms with Gasteiger partial charge in [-0.25, -0.2) is 14.4 Å². The molecule has 0 aliphatic carbocycles. The van der Waals surface area contributed by atoms with E-state index in [1.807, 2.05) is 24.8 Å². The molecule has 1 aromatic heterocycles. The Hall–Kier alpha value is -2.17. The van der Waals surface area contributed by atoms with Crippen molar-refractivity contribution in [2.24, 2.45) is 0 Å². The molecule has 2 rings (SSSR count). The molecule has 0 spiro atoms. The molecule has 0 radical (unpaired) electrons. The van der Waals surface area contributed by atoms with Crippen LogP contribution >= 0.6 is 0 Å². The fraction of sp³-hybridized carbons (Fsp3) is 0.375. The molecule has 0 amide bonds. The average molecular weight is 288 g/mol. The highest BCUT2D eigenvalue weighted by atomic mass is 19.1. The molecule has 112 valence electrons. The first-order chi connectivity index (χ1) is 10.2. The summed E-state index contributed by atoms with van der Waals surface area (Å²) in [6, 6.07) is 6.55. The molecule has 1 heterocycles. The highest BCUT2D eigenvalue weighted by Gasteiger charge is 2.15. The van der Waals surface area contributed by atoms with Crippen molar-refractivity contribution in [3.8, 4) is 0 Å². The number of rotatable bonds is 6. The van der Waals surface area contributed by atoms with E-state index in [-0.39, 0.29) is 5.82 Å². The number of hydrogen-bond acceptors (Lipinski definition) is 4. The molecular weight excluding hydrogens is 267 g/mol. The fourth-order valence-corrected chi connectivity index (χ4v) is 2.23. The summed E-state index contributed by atoms with van der Waals surface area (Å²) in [5.74, 6) is 1.38. The summed E-state index contributed by atoms with van der Waals surface area (Å²) in [5, 5.41) is 3.29. The minimum atomic E-state index is -0.248. The Bertz CT molecular complexity index is 601. The zero-order valence-electron chi connectivity index (χ0n) is 12.7. The van der Waals surface area contributed by atoms with Gasteiger partial charge in [0.15, 0.2) is 0 Å². The molecule has 21 heavy (non-hydrogen) atoms. The van der Waals surface area contributed by atoms with E-state index in [1.54, 1.807) is 12.4 Å². The second-order valence-corrected chi connectivity index (χ2v) is 4.82. The Morgan fingerprint density at radius 2 is 2.05 bits per heavy atom. The van der Waals surface area contributed by atoms with Gasteiger partial charge in [-0.05, 0) is 38.5 Å². The number of nitrogens with zero attached hydrogens (tertiary/aromatic N) is 3. The third kappa shape index (κ3) is 3.48. The zero-order chi connectivity index (χ0) is 15.2. The molecule has 0 bridgehead atoms. The summed E-state index contributed by atoms with van der Waals surface area (Å²) in [7, 11) is 0. The lowest BCUT2D eigenvalue weighted by Crippen LogP contribution is -2.20. The summed E-state index contributed by atoms with van der Waals surface area (Å²) >= 11 is 0. The van der Waals surface area contributed by atoms with Crippen LogP contribution in [0.25, 0.3) is 0 Å². The maximum absolute atomic E-state index is 13.5. The lowest BCUT2D eigenvalue weighted by molar-refractivity contribution is 0.627. The molecule has 5 heteroatoms. The summed E-state index contributed by atoms with van der Waals surface area (Å²) < 4.78 is 13.5. The van der Waals surface area contributed by atoms with Crippen molar-refractivity contribution >= 4 is 17.3 Å². The number of halogens is 1. The van der Waals surface area contributed by atoms with Crippen molar-refractivity contribution in [1.29, 1.82) is 0 Å². The fourth-order valence-electron chi connectivity index (χ4n) is 2.23. The Balaban J connectivity index is 2.38. The zero-order valence-corrected chi connectivity index (χ0v) is 12.7. The van der Waals surface area contributed by atoms with Gasteiger partial charge in [-0.3, -0.25) is 0 Å². The number of benzene rings is 1. The number of aromatic nitrogens is 2. The highest BCUT2D eigenvalue weighted by molar-refractivity contribution is 5.66. The van der Waals surface area contributed by atoms with Crippen LogP contribution < -0.4 is 10.2 Å². The van der Waals surface area contributed by atoms with Crippen molar-refractivity contribution in [2.75, 3.05) is 23.3 Å². The van der Waals surface area contributed by atoms with Crippen LogP contribution in [-0.4, -0.2) is 23.1 Å². The van der Waals surface area contributed by atoms with Gasteiger partial charge in [0.05, 0.1) is 0 Å². The Morgan fingerprint density at radius 1 is 1.24 bits per heavy atom. The van der Waals surface area contributed by atoms with Crippen LogP contribution in [0.5, 0.6) is 0 Å². The summed E-state index contributed by atoms with van der Waals surface area (Å²) in [6.45, 7) is 7.67. The smallest absolute Gasteiger partial charge is 0.141 e.